The molecule has 0 aliphatic rings. The lowest BCUT2D eigenvalue weighted by atomic mass is 10.0. The first-order valence-corrected chi connectivity index (χ1v) is 6.47. The molecule has 3 nitrogen and oxygen atoms in total. The molecule has 1 heterocycles. The van der Waals surface area contributed by atoms with Crippen molar-refractivity contribution in [1.82, 2.24) is 15.1 Å². The third-order valence-electron chi connectivity index (χ3n) is 3.31. The fraction of sp³-hybridized carbons (Fsp3) is 0.400. The fourth-order valence-electron chi connectivity index (χ4n) is 2.12. The van der Waals surface area contributed by atoms with Crippen LogP contribution >= 0.6 is 0 Å². The van der Waals surface area contributed by atoms with E-state index in [4.69, 9.17) is 0 Å². The van der Waals surface area contributed by atoms with Gasteiger partial charge in [-0.2, -0.15) is 5.10 Å². The Balaban J connectivity index is 2.10. The van der Waals surface area contributed by atoms with Gasteiger partial charge >= 0.3 is 0 Å². The van der Waals surface area contributed by atoms with Crippen LogP contribution < -0.4 is 5.32 Å². The standard InChI is InChI=1S/C15H21N3/c1-4-12-5-7-13(8-6-12)11-15(16-2)14-9-10-18(3)17-14/h5-10,15-16H,4,11H2,1-3H3. The van der Waals surface area contributed by atoms with Gasteiger partial charge in [0.1, 0.15) is 0 Å². The number of aromatic nitrogens is 2. The first-order valence-electron chi connectivity index (χ1n) is 6.47. The highest BCUT2D eigenvalue weighted by Crippen LogP contribution is 2.16. The lowest BCUT2D eigenvalue weighted by Crippen LogP contribution is -2.19. The maximum Gasteiger partial charge on any atom is 0.0797 e. The maximum absolute atomic E-state index is 4.47. The zero-order chi connectivity index (χ0) is 13.0. The van der Waals surface area contributed by atoms with Gasteiger partial charge in [0.2, 0.25) is 0 Å². The smallest absolute Gasteiger partial charge is 0.0797 e. The highest BCUT2D eigenvalue weighted by molar-refractivity contribution is 5.24. The summed E-state index contributed by atoms with van der Waals surface area (Å²) in [6, 6.07) is 11.2. The number of nitrogens with one attached hydrogen (secondary N) is 1. The molecule has 1 aromatic heterocycles. The number of likely N-dealkylation sites (N-methyl/N-ethyl adjacent to an activating group) is 1. The van der Waals surface area contributed by atoms with E-state index in [2.05, 4.69) is 47.7 Å². The zero-order valence-corrected chi connectivity index (χ0v) is 11.4. The van der Waals surface area contributed by atoms with Crippen LogP contribution in [0.4, 0.5) is 0 Å². The first kappa shape index (κ1) is 12.8. The van der Waals surface area contributed by atoms with Crippen molar-refractivity contribution in [1.29, 1.82) is 0 Å². The van der Waals surface area contributed by atoms with E-state index in [1.165, 1.54) is 11.1 Å². The van der Waals surface area contributed by atoms with E-state index < -0.39 is 0 Å². The molecule has 0 bridgehead atoms. The summed E-state index contributed by atoms with van der Waals surface area (Å²) >= 11 is 0. The molecule has 0 aliphatic carbocycles. The number of rotatable bonds is 5. The molecule has 0 saturated carbocycles. The second-order valence-corrected chi connectivity index (χ2v) is 4.63. The van der Waals surface area contributed by atoms with Gasteiger partial charge in [-0.25, -0.2) is 0 Å². The second kappa shape index (κ2) is 5.83. The van der Waals surface area contributed by atoms with Crippen molar-refractivity contribution >= 4 is 0 Å². The lowest BCUT2D eigenvalue weighted by molar-refractivity contribution is 0.563. The SMILES string of the molecule is CCc1ccc(CC(NC)c2ccn(C)n2)cc1. The Labute approximate surface area is 109 Å². The summed E-state index contributed by atoms with van der Waals surface area (Å²) in [6.07, 6.45) is 4.05. The van der Waals surface area contributed by atoms with Gasteiger partial charge in [-0.05, 0) is 37.1 Å². The Kier molecular flexibility index (Phi) is 4.15. The van der Waals surface area contributed by atoms with E-state index in [1.54, 1.807) is 0 Å². The molecule has 0 amide bonds. The molecule has 0 spiro atoms. The Morgan fingerprint density at radius 3 is 2.33 bits per heavy atom. The van der Waals surface area contributed by atoms with Crippen LogP contribution in [0.2, 0.25) is 0 Å². The summed E-state index contributed by atoms with van der Waals surface area (Å²) in [4.78, 5) is 0. The minimum atomic E-state index is 0.277. The average molecular weight is 243 g/mol. The van der Waals surface area contributed by atoms with Gasteiger partial charge in [0.25, 0.3) is 0 Å². The number of hydrogen-bond donors (Lipinski definition) is 1. The van der Waals surface area contributed by atoms with Crippen molar-refractivity contribution in [2.24, 2.45) is 7.05 Å². The Hall–Kier alpha value is -1.61. The van der Waals surface area contributed by atoms with E-state index in [0.29, 0.717) is 0 Å². The van der Waals surface area contributed by atoms with Crippen molar-refractivity contribution < 1.29 is 0 Å². The van der Waals surface area contributed by atoms with Crippen molar-refractivity contribution in [3.8, 4) is 0 Å². The van der Waals surface area contributed by atoms with Crippen molar-refractivity contribution in [3.05, 3.63) is 53.3 Å². The maximum atomic E-state index is 4.47. The summed E-state index contributed by atoms with van der Waals surface area (Å²) in [5.41, 5.74) is 3.83. The van der Waals surface area contributed by atoms with Gasteiger partial charge in [0, 0.05) is 13.2 Å². The van der Waals surface area contributed by atoms with E-state index >= 15 is 0 Å². The van der Waals surface area contributed by atoms with Crippen LogP contribution in [0.25, 0.3) is 0 Å². The van der Waals surface area contributed by atoms with Gasteiger partial charge in [0.05, 0.1) is 11.7 Å². The van der Waals surface area contributed by atoms with Crippen LogP contribution in [0.3, 0.4) is 0 Å². The van der Waals surface area contributed by atoms with Crippen LogP contribution in [0.1, 0.15) is 29.8 Å². The third kappa shape index (κ3) is 2.99. The molecule has 1 aromatic carbocycles. The number of hydrogen-bond acceptors (Lipinski definition) is 2. The molecule has 1 unspecified atom stereocenters. The van der Waals surface area contributed by atoms with E-state index in [9.17, 15) is 0 Å². The molecular weight excluding hydrogens is 222 g/mol. The predicted octanol–water partition coefficient (Wildman–Crippen LogP) is 2.49. The topological polar surface area (TPSA) is 29.9 Å². The summed E-state index contributed by atoms with van der Waals surface area (Å²) < 4.78 is 1.85. The van der Waals surface area contributed by atoms with E-state index in [0.717, 1.165) is 18.5 Å². The van der Waals surface area contributed by atoms with Crippen LogP contribution in [0.5, 0.6) is 0 Å². The molecular formula is C15H21N3. The minimum Gasteiger partial charge on any atom is -0.311 e. The number of nitrogens with zero attached hydrogens (tertiary/aromatic N) is 2. The summed E-state index contributed by atoms with van der Waals surface area (Å²) in [5, 5.41) is 7.80. The highest BCUT2D eigenvalue weighted by atomic mass is 15.3. The van der Waals surface area contributed by atoms with Crippen molar-refractivity contribution in [2.75, 3.05) is 7.05 Å². The van der Waals surface area contributed by atoms with Crippen molar-refractivity contribution in [2.45, 2.75) is 25.8 Å². The molecule has 2 aromatic rings. The molecule has 0 fully saturated rings. The van der Waals surface area contributed by atoms with Crippen LogP contribution in [-0.4, -0.2) is 16.8 Å². The Bertz CT molecular complexity index is 485. The summed E-state index contributed by atoms with van der Waals surface area (Å²) in [7, 11) is 3.94. The molecule has 1 N–H and O–H groups in total. The highest BCUT2D eigenvalue weighted by Gasteiger charge is 2.12. The van der Waals surface area contributed by atoms with Gasteiger partial charge in [-0.1, -0.05) is 31.2 Å². The average Bonchev–Trinajstić information content (AvgIpc) is 2.83. The lowest BCUT2D eigenvalue weighted by Gasteiger charge is -2.14. The largest absolute Gasteiger partial charge is 0.311 e. The monoisotopic (exact) mass is 243 g/mol. The van der Waals surface area contributed by atoms with Crippen molar-refractivity contribution in [3.63, 3.8) is 0 Å². The fourth-order valence-corrected chi connectivity index (χ4v) is 2.12. The van der Waals surface area contributed by atoms with Gasteiger partial charge in [0.15, 0.2) is 0 Å². The molecule has 2 rings (SSSR count). The van der Waals surface area contributed by atoms with Gasteiger partial charge < -0.3 is 5.32 Å². The molecule has 0 radical (unpaired) electrons. The molecule has 3 heteroatoms. The molecule has 1 atom stereocenters. The number of benzene rings is 1. The van der Waals surface area contributed by atoms with E-state index in [-0.39, 0.29) is 6.04 Å². The normalized spacial score (nSPS) is 12.6. The van der Waals surface area contributed by atoms with Gasteiger partial charge in [-0.3, -0.25) is 4.68 Å². The molecule has 0 saturated heterocycles. The molecule has 96 valence electrons. The Morgan fingerprint density at radius 2 is 1.83 bits per heavy atom. The zero-order valence-electron chi connectivity index (χ0n) is 11.4. The van der Waals surface area contributed by atoms with Crippen LogP contribution in [-0.2, 0) is 19.9 Å². The minimum absolute atomic E-state index is 0.277. The molecule has 0 aliphatic heterocycles. The quantitative estimate of drug-likeness (QED) is 0.874. The second-order valence-electron chi connectivity index (χ2n) is 4.63. The van der Waals surface area contributed by atoms with Gasteiger partial charge in [-0.15, -0.1) is 0 Å². The Morgan fingerprint density at radius 1 is 1.17 bits per heavy atom. The van der Waals surface area contributed by atoms with Crippen LogP contribution in [0, 0.1) is 0 Å². The first-order chi connectivity index (χ1) is 8.72. The predicted molar refractivity (Wildman–Crippen MR) is 74.5 cm³/mol. The van der Waals surface area contributed by atoms with Crippen LogP contribution in [0.15, 0.2) is 36.5 Å². The number of aryl methyl sites for hydroxylation is 2. The third-order valence-corrected chi connectivity index (χ3v) is 3.31. The molecule has 18 heavy (non-hydrogen) atoms. The summed E-state index contributed by atoms with van der Waals surface area (Å²) in [5.74, 6) is 0. The summed E-state index contributed by atoms with van der Waals surface area (Å²) in [6.45, 7) is 2.18. The van der Waals surface area contributed by atoms with E-state index in [1.807, 2.05) is 25.0 Å².